The van der Waals surface area contributed by atoms with Gasteiger partial charge in [-0.3, -0.25) is 14.6 Å². The number of rotatable bonds is 8. The molecule has 4 heterocycles. The lowest BCUT2D eigenvalue weighted by atomic mass is 9.85. The van der Waals surface area contributed by atoms with Gasteiger partial charge in [0.15, 0.2) is 5.65 Å². The number of amides is 2. The summed E-state index contributed by atoms with van der Waals surface area (Å²) in [6.45, 7) is 14.8. The smallest absolute Gasteiger partial charge is 0.320 e. The number of benzene rings is 2. The number of carbonyl (C=O) groups excluding carboxylic acids is 1. The normalized spacial score (nSPS) is 18.4. The number of fused-ring (bicyclic) bond motifs is 2. The van der Waals surface area contributed by atoms with Crippen LogP contribution in [0.2, 0.25) is 0 Å². The second-order valence-electron chi connectivity index (χ2n) is 14.4. The molecule has 0 saturated carbocycles. The van der Waals surface area contributed by atoms with Gasteiger partial charge in [0.1, 0.15) is 23.5 Å². The molecule has 2 N–H and O–H groups in total. The number of aromatic nitrogens is 5. The van der Waals surface area contributed by atoms with Crippen molar-refractivity contribution in [2.24, 2.45) is 0 Å². The van der Waals surface area contributed by atoms with Crippen molar-refractivity contribution >= 4 is 17.5 Å². The number of hydrogen-bond donors (Lipinski definition) is 2. The van der Waals surface area contributed by atoms with E-state index in [1.54, 1.807) is 0 Å². The zero-order valence-electron chi connectivity index (χ0n) is 29.0. The molecule has 256 valence electrons. The molecular formula is C38H46N8O3. The Morgan fingerprint density at radius 1 is 0.980 bits per heavy atom. The highest BCUT2D eigenvalue weighted by molar-refractivity contribution is 5.89. The van der Waals surface area contributed by atoms with Crippen LogP contribution >= 0.6 is 0 Å². The molecule has 1 aliphatic carbocycles. The predicted molar refractivity (Wildman–Crippen MR) is 189 cm³/mol. The van der Waals surface area contributed by atoms with E-state index >= 15 is 0 Å². The van der Waals surface area contributed by atoms with E-state index in [0.717, 1.165) is 85.4 Å². The first-order valence-corrected chi connectivity index (χ1v) is 17.3. The molecule has 0 radical (unpaired) electrons. The van der Waals surface area contributed by atoms with E-state index in [1.165, 1.54) is 5.56 Å². The molecule has 11 heteroatoms. The number of carbonyl (C=O) groups is 1. The van der Waals surface area contributed by atoms with Crippen molar-refractivity contribution in [3.8, 4) is 11.4 Å². The van der Waals surface area contributed by atoms with Gasteiger partial charge in [-0.25, -0.2) is 9.48 Å². The highest BCUT2D eigenvalue weighted by Gasteiger charge is 2.30. The Bertz CT molecular complexity index is 1930. The molecule has 7 rings (SSSR count). The van der Waals surface area contributed by atoms with Crippen molar-refractivity contribution < 1.29 is 14.3 Å². The summed E-state index contributed by atoms with van der Waals surface area (Å²) in [6.07, 6.45) is 3.31. The van der Waals surface area contributed by atoms with Crippen LogP contribution in [-0.4, -0.2) is 61.6 Å². The van der Waals surface area contributed by atoms with Crippen molar-refractivity contribution in [3.05, 3.63) is 101 Å². The van der Waals surface area contributed by atoms with Crippen LogP contribution in [0.4, 0.5) is 10.6 Å². The number of ether oxygens (including phenoxy) is 2. The van der Waals surface area contributed by atoms with E-state index in [-0.39, 0.29) is 29.5 Å². The van der Waals surface area contributed by atoms with Crippen LogP contribution in [0.3, 0.4) is 0 Å². The van der Waals surface area contributed by atoms with Gasteiger partial charge in [-0.15, -0.1) is 10.2 Å². The highest BCUT2D eigenvalue weighted by atomic mass is 16.5. The molecule has 2 amide bonds. The molecule has 1 saturated heterocycles. The summed E-state index contributed by atoms with van der Waals surface area (Å²) in [4.78, 5) is 16.1. The number of morpholine rings is 1. The molecule has 0 bridgehead atoms. The standard InChI is InChI=1S/C38H46N8O3/c1-25(2)36-42-41-34-16-13-28(24-45(34)36)49-32-15-14-31(29-11-6-7-12-30(29)32)39-37(47)40-35-22-33(38(3,4)5)43-46(35)27-10-8-9-26(21-27)23-44-17-19-48-20-18-44/h6-13,16,21-22,24-25,31-32H,14-15,17-20,23H2,1-5H3,(H2,39,40,47). The van der Waals surface area contributed by atoms with Gasteiger partial charge in [-0.05, 0) is 53.8 Å². The van der Waals surface area contributed by atoms with E-state index < -0.39 is 0 Å². The molecule has 3 aromatic heterocycles. The Balaban J connectivity index is 1.08. The summed E-state index contributed by atoms with van der Waals surface area (Å²) in [5.41, 5.74) is 5.73. The molecule has 2 unspecified atom stereocenters. The third-order valence-corrected chi connectivity index (χ3v) is 9.32. The number of nitrogens with zero attached hydrogens (tertiary/aromatic N) is 6. The minimum Gasteiger partial charge on any atom is -0.484 e. The number of hydrogen-bond acceptors (Lipinski definition) is 7. The van der Waals surface area contributed by atoms with Crippen LogP contribution in [0.15, 0.2) is 72.9 Å². The van der Waals surface area contributed by atoms with Gasteiger partial charge in [0.25, 0.3) is 0 Å². The number of nitrogens with one attached hydrogen (secondary N) is 2. The first-order valence-electron chi connectivity index (χ1n) is 17.3. The number of pyridine rings is 1. The minimum absolute atomic E-state index is 0.144. The van der Waals surface area contributed by atoms with Gasteiger partial charge in [0, 0.05) is 37.0 Å². The number of urea groups is 1. The van der Waals surface area contributed by atoms with Crippen molar-refractivity contribution in [2.45, 2.75) is 77.5 Å². The van der Waals surface area contributed by atoms with Crippen molar-refractivity contribution in [3.63, 3.8) is 0 Å². The van der Waals surface area contributed by atoms with Crippen molar-refractivity contribution in [1.82, 2.24) is 34.6 Å². The lowest BCUT2D eigenvalue weighted by Crippen LogP contribution is -2.36. The first kappa shape index (κ1) is 32.8. The second kappa shape index (κ2) is 13.6. The van der Waals surface area contributed by atoms with Crippen molar-refractivity contribution in [1.29, 1.82) is 0 Å². The van der Waals surface area contributed by atoms with E-state index in [0.29, 0.717) is 5.82 Å². The monoisotopic (exact) mass is 662 g/mol. The van der Waals surface area contributed by atoms with Crippen LogP contribution in [0.1, 0.15) is 93.7 Å². The fourth-order valence-electron chi connectivity index (χ4n) is 6.69. The average Bonchev–Trinajstić information content (AvgIpc) is 3.71. The molecule has 2 atom stereocenters. The fourth-order valence-corrected chi connectivity index (χ4v) is 6.69. The number of anilines is 1. The molecule has 2 aliphatic rings. The summed E-state index contributed by atoms with van der Waals surface area (Å²) < 4.78 is 15.9. The Morgan fingerprint density at radius 2 is 1.78 bits per heavy atom. The van der Waals surface area contributed by atoms with Gasteiger partial charge < -0.3 is 14.8 Å². The maximum Gasteiger partial charge on any atom is 0.320 e. The summed E-state index contributed by atoms with van der Waals surface area (Å²) in [5, 5.41) is 20.0. The summed E-state index contributed by atoms with van der Waals surface area (Å²) in [5.74, 6) is 2.52. The SMILES string of the molecule is CC(C)c1nnc2ccc(OC3CCC(NC(=O)Nc4cc(C(C)(C)C)nn4-c4cccc(CN5CCOCC5)c4)c4ccccc43)cn12. The van der Waals surface area contributed by atoms with E-state index in [4.69, 9.17) is 14.6 Å². The second-order valence-corrected chi connectivity index (χ2v) is 14.4. The summed E-state index contributed by atoms with van der Waals surface area (Å²) in [6, 6.07) is 22.0. The third kappa shape index (κ3) is 7.18. The van der Waals surface area contributed by atoms with Gasteiger partial charge >= 0.3 is 6.03 Å². The fraction of sp³-hybridized carbons (Fsp3) is 0.421. The summed E-state index contributed by atoms with van der Waals surface area (Å²) in [7, 11) is 0. The van der Waals surface area contributed by atoms with E-state index in [2.05, 4.69) is 90.7 Å². The van der Waals surface area contributed by atoms with Gasteiger partial charge in [0.2, 0.25) is 0 Å². The molecule has 49 heavy (non-hydrogen) atoms. The minimum atomic E-state index is -0.274. The lowest BCUT2D eigenvalue weighted by molar-refractivity contribution is 0.0342. The van der Waals surface area contributed by atoms with Gasteiger partial charge in [-0.2, -0.15) is 5.10 Å². The first-order chi connectivity index (χ1) is 23.6. The van der Waals surface area contributed by atoms with Crippen LogP contribution in [-0.2, 0) is 16.7 Å². The maximum atomic E-state index is 13.7. The van der Waals surface area contributed by atoms with Gasteiger partial charge in [0.05, 0.1) is 36.8 Å². The van der Waals surface area contributed by atoms with Crippen LogP contribution in [0.25, 0.3) is 11.3 Å². The quantitative estimate of drug-likeness (QED) is 0.185. The zero-order valence-corrected chi connectivity index (χ0v) is 29.0. The van der Waals surface area contributed by atoms with E-state index in [9.17, 15) is 4.79 Å². The Morgan fingerprint density at radius 3 is 2.55 bits per heavy atom. The molecule has 0 spiro atoms. The van der Waals surface area contributed by atoms with Gasteiger partial charge in [-0.1, -0.05) is 71.0 Å². The molecule has 1 aliphatic heterocycles. The topological polar surface area (TPSA) is 111 Å². The molecule has 2 aromatic carbocycles. The molecule has 5 aromatic rings. The Labute approximate surface area is 287 Å². The zero-order chi connectivity index (χ0) is 34.1. The maximum absolute atomic E-state index is 13.7. The highest BCUT2D eigenvalue weighted by Crippen LogP contribution is 2.39. The van der Waals surface area contributed by atoms with Crippen LogP contribution in [0.5, 0.6) is 5.75 Å². The van der Waals surface area contributed by atoms with Crippen LogP contribution in [0, 0.1) is 0 Å². The lowest BCUT2D eigenvalue weighted by Gasteiger charge is -2.32. The molecule has 1 fully saturated rings. The molecular weight excluding hydrogens is 616 g/mol. The van der Waals surface area contributed by atoms with E-state index in [1.807, 2.05) is 51.7 Å². The largest absolute Gasteiger partial charge is 0.484 e. The predicted octanol–water partition coefficient (Wildman–Crippen LogP) is 6.94. The molecule has 11 nitrogen and oxygen atoms in total. The Kier molecular flexibility index (Phi) is 9.13. The van der Waals surface area contributed by atoms with Crippen molar-refractivity contribution in [2.75, 3.05) is 31.6 Å². The third-order valence-electron chi connectivity index (χ3n) is 9.32. The summed E-state index contributed by atoms with van der Waals surface area (Å²) >= 11 is 0. The Hall–Kier alpha value is -4.74. The average molecular weight is 663 g/mol. The van der Waals surface area contributed by atoms with Crippen LogP contribution < -0.4 is 15.4 Å².